The zero-order valence-corrected chi connectivity index (χ0v) is 11.2. The van der Waals surface area contributed by atoms with Gasteiger partial charge < -0.3 is 10.0 Å². The van der Waals surface area contributed by atoms with E-state index in [1.807, 2.05) is 27.7 Å². The van der Waals surface area contributed by atoms with E-state index >= 15 is 0 Å². The number of carbonyl (C=O) groups is 2. The fourth-order valence-corrected chi connectivity index (χ4v) is 2.25. The predicted octanol–water partition coefficient (Wildman–Crippen LogP) is 2.13. The topological polar surface area (TPSA) is 57.6 Å². The number of carboxylic acids is 1. The Kier molecular flexibility index (Phi) is 4.17. The summed E-state index contributed by atoms with van der Waals surface area (Å²) in [5.74, 6) is -0.796. The largest absolute Gasteiger partial charge is 0.480 e. The van der Waals surface area contributed by atoms with Gasteiger partial charge in [-0.1, -0.05) is 20.3 Å². The van der Waals surface area contributed by atoms with Crippen LogP contribution in [0.2, 0.25) is 0 Å². The van der Waals surface area contributed by atoms with Gasteiger partial charge in [0, 0.05) is 12.6 Å². The molecule has 17 heavy (non-hydrogen) atoms. The van der Waals surface area contributed by atoms with E-state index in [-0.39, 0.29) is 11.9 Å². The second-order valence-corrected chi connectivity index (χ2v) is 5.69. The van der Waals surface area contributed by atoms with E-state index < -0.39 is 11.4 Å². The SMILES string of the molecule is CC(C)CN(C(=O)C1(C(=O)O)CCC1)C(C)C. The summed E-state index contributed by atoms with van der Waals surface area (Å²) in [7, 11) is 0. The Bertz CT molecular complexity index is 306. The normalized spacial score (nSPS) is 18.0. The van der Waals surface area contributed by atoms with Crippen molar-refractivity contribution in [1.29, 1.82) is 0 Å². The lowest BCUT2D eigenvalue weighted by molar-refractivity contribution is -0.168. The number of hydrogen-bond acceptors (Lipinski definition) is 2. The fraction of sp³-hybridized carbons (Fsp3) is 0.846. The van der Waals surface area contributed by atoms with Crippen molar-refractivity contribution in [1.82, 2.24) is 4.90 Å². The maximum Gasteiger partial charge on any atom is 0.319 e. The molecule has 0 aromatic heterocycles. The van der Waals surface area contributed by atoms with Crippen LogP contribution in [0.3, 0.4) is 0 Å². The predicted molar refractivity (Wildman–Crippen MR) is 65.6 cm³/mol. The number of aliphatic carboxylic acids is 1. The molecule has 1 saturated carbocycles. The summed E-state index contributed by atoms with van der Waals surface area (Å²) in [6.07, 6.45) is 1.82. The van der Waals surface area contributed by atoms with Gasteiger partial charge in [-0.15, -0.1) is 0 Å². The summed E-state index contributed by atoms with van der Waals surface area (Å²) in [6, 6.07) is 0.0572. The third kappa shape index (κ3) is 2.61. The van der Waals surface area contributed by atoms with Crippen LogP contribution in [0.1, 0.15) is 47.0 Å². The summed E-state index contributed by atoms with van der Waals surface area (Å²) >= 11 is 0. The Morgan fingerprint density at radius 1 is 1.24 bits per heavy atom. The zero-order chi connectivity index (χ0) is 13.2. The Morgan fingerprint density at radius 2 is 1.76 bits per heavy atom. The van der Waals surface area contributed by atoms with Crippen molar-refractivity contribution >= 4 is 11.9 Å². The molecule has 4 heteroatoms. The summed E-state index contributed by atoms with van der Waals surface area (Å²) < 4.78 is 0. The molecule has 1 N–H and O–H groups in total. The minimum Gasteiger partial charge on any atom is -0.480 e. The summed E-state index contributed by atoms with van der Waals surface area (Å²) in [4.78, 5) is 25.4. The average molecular weight is 241 g/mol. The molecule has 1 fully saturated rings. The Hall–Kier alpha value is -1.06. The maximum absolute atomic E-state index is 12.4. The summed E-state index contributed by atoms with van der Waals surface area (Å²) in [6.45, 7) is 8.59. The van der Waals surface area contributed by atoms with Crippen LogP contribution in [0.5, 0.6) is 0 Å². The molecule has 1 aliphatic carbocycles. The molecule has 1 aliphatic rings. The zero-order valence-electron chi connectivity index (χ0n) is 11.2. The van der Waals surface area contributed by atoms with Crippen LogP contribution < -0.4 is 0 Å². The van der Waals surface area contributed by atoms with Crippen LogP contribution >= 0.6 is 0 Å². The van der Waals surface area contributed by atoms with Crippen molar-refractivity contribution < 1.29 is 14.7 Å². The standard InChI is InChI=1S/C13H23NO3/c1-9(2)8-14(10(3)4)11(15)13(12(16)17)6-5-7-13/h9-10H,5-8H2,1-4H3,(H,16,17). The molecule has 0 saturated heterocycles. The smallest absolute Gasteiger partial charge is 0.319 e. The molecule has 0 heterocycles. The lowest BCUT2D eigenvalue weighted by Crippen LogP contribution is -2.55. The molecule has 0 unspecified atom stereocenters. The van der Waals surface area contributed by atoms with Crippen molar-refractivity contribution in [2.24, 2.45) is 11.3 Å². The molecule has 0 atom stereocenters. The van der Waals surface area contributed by atoms with Crippen molar-refractivity contribution in [3.8, 4) is 0 Å². The molecule has 4 nitrogen and oxygen atoms in total. The van der Waals surface area contributed by atoms with Gasteiger partial charge in [0.25, 0.3) is 0 Å². The first-order chi connectivity index (χ1) is 7.81. The molecule has 0 aromatic rings. The van der Waals surface area contributed by atoms with Crippen LogP contribution in [-0.4, -0.2) is 34.5 Å². The van der Waals surface area contributed by atoms with Crippen molar-refractivity contribution in [3.63, 3.8) is 0 Å². The molecular weight excluding hydrogens is 218 g/mol. The molecule has 98 valence electrons. The molecule has 0 aliphatic heterocycles. The highest BCUT2D eigenvalue weighted by Gasteiger charge is 2.53. The molecule has 0 radical (unpaired) electrons. The third-order valence-corrected chi connectivity index (χ3v) is 3.47. The summed E-state index contributed by atoms with van der Waals surface area (Å²) in [5.41, 5.74) is -1.13. The minimum atomic E-state index is -1.13. The second-order valence-electron chi connectivity index (χ2n) is 5.69. The van der Waals surface area contributed by atoms with Crippen LogP contribution in [-0.2, 0) is 9.59 Å². The van der Waals surface area contributed by atoms with Crippen LogP contribution in [0.4, 0.5) is 0 Å². The van der Waals surface area contributed by atoms with Gasteiger partial charge in [0.1, 0.15) is 5.41 Å². The van der Waals surface area contributed by atoms with E-state index in [1.165, 1.54) is 0 Å². The number of amides is 1. The van der Waals surface area contributed by atoms with Gasteiger partial charge in [-0.2, -0.15) is 0 Å². The van der Waals surface area contributed by atoms with Gasteiger partial charge in [0.15, 0.2) is 0 Å². The molecular formula is C13H23NO3. The van der Waals surface area contributed by atoms with Crippen molar-refractivity contribution in [3.05, 3.63) is 0 Å². The lowest BCUT2D eigenvalue weighted by Gasteiger charge is -2.42. The number of carbonyl (C=O) groups excluding carboxylic acids is 1. The lowest BCUT2D eigenvalue weighted by atomic mass is 9.67. The fourth-order valence-electron chi connectivity index (χ4n) is 2.25. The molecule has 0 spiro atoms. The monoisotopic (exact) mass is 241 g/mol. The van der Waals surface area contributed by atoms with Crippen molar-refractivity contribution in [2.75, 3.05) is 6.54 Å². The van der Waals surface area contributed by atoms with Gasteiger partial charge in [-0.25, -0.2) is 0 Å². The number of hydrogen-bond donors (Lipinski definition) is 1. The second kappa shape index (κ2) is 5.07. The van der Waals surface area contributed by atoms with E-state index in [0.717, 1.165) is 6.42 Å². The first-order valence-corrected chi connectivity index (χ1v) is 6.35. The first kappa shape index (κ1) is 14.0. The van der Waals surface area contributed by atoms with E-state index in [2.05, 4.69) is 0 Å². The van der Waals surface area contributed by atoms with Crippen LogP contribution in [0, 0.1) is 11.3 Å². The van der Waals surface area contributed by atoms with Gasteiger partial charge >= 0.3 is 5.97 Å². The van der Waals surface area contributed by atoms with E-state index in [1.54, 1.807) is 4.90 Å². The highest BCUT2D eigenvalue weighted by Crippen LogP contribution is 2.43. The Morgan fingerprint density at radius 3 is 2.00 bits per heavy atom. The maximum atomic E-state index is 12.4. The highest BCUT2D eigenvalue weighted by atomic mass is 16.4. The third-order valence-electron chi connectivity index (χ3n) is 3.47. The minimum absolute atomic E-state index is 0.0572. The molecule has 1 rings (SSSR count). The first-order valence-electron chi connectivity index (χ1n) is 6.35. The molecule has 0 bridgehead atoms. The van der Waals surface area contributed by atoms with Crippen LogP contribution in [0.15, 0.2) is 0 Å². The van der Waals surface area contributed by atoms with E-state index in [0.29, 0.717) is 25.3 Å². The number of carboxylic acid groups (broad SMARTS) is 1. The number of nitrogens with zero attached hydrogens (tertiary/aromatic N) is 1. The van der Waals surface area contributed by atoms with E-state index in [4.69, 9.17) is 0 Å². The van der Waals surface area contributed by atoms with Gasteiger partial charge in [-0.3, -0.25) is 9.59 Å². The average Bonchev–Trinajstić information content (AvgIpc) is 2.10. The Labute approximate surface area is 103 Å². The number of rotatable bonds is 5. The molecule has 0 aromatic carbocycles. The van der Waals surface area contributed by atoms with Crippen molar-refractivity contribution in [2.45, 2.75) is 53.0 Å². The van der Waals surface area contributed by atoms with E-state index in [9.17, 15) is 14.7 Å². The van der Waals surface area contributed by atoms with Gasteiger partial charge in [-0.05, 0) is 32.6 Å². The van der Waals surface area contributed by atoms with Gasteiger partial charge in [0.05, 0.1) is 0 Å². The van der Waals surface area contributed by atoms with Crippen LogP contribution in [0.25, 0.3) is 0 Å². The highest BCUT2D eigenvalue weighted by molar-refractivity contribution is 6.02. The molecule has 1 amide bonds. The van der Waals surface area contributed by atoms with Gasteiger partial charge in [0.2, 0.25) is 5.91 Å². The summed E-state index contributed by atoms with van der Waals surface area (Å²) in [5, 5.41) is 9.27. The Balaban J connectivity index is 2.87. The quantitative estimate of drug-likeness (QED) is 0.750.